The molecule has 0 radical (unpaired) electrons. The van der Waals surface area contributed by atoms with Crippen molar-refractivity contribution in [3.8, 4) is 0 Å². The molecule has 6 heteroatoms. The molecule has 0 bridgehead atoms. The lowest BCUT2D eigenvalue weighted by Crippen LogP contribution is -2.10. The molecule has 1 rings (SSSR count). The maximum absolute atomic E-state index is 13.4. The number of carbonyl (C=O) groups excluding carboxylic acids is 1. The minimum Gasteiger partial charge on any atom is -0.466 e. The van der Waals surface area contributed by atoms with E-state index in [2.05, 4.69) is 31.9 Å². The Morgan fingerprint density at radius 1 is 1.31 bits per heavy atom. The van der Waals surface area contributed by atoms with Gasteiger partial charge in [-0.3, -0.25) is 4.79 Å². The second-order valence-electron chi connectivity index (χ2n) is 2.93. The van der Waals surface area contributed by atoms with Crippen molar-refractivity contribution in [1.29, 1.82) is 0 Å². The van der Waals surface area contributed by atoms with E-state index in [4.69, 9.17) is 4.74 Å². The highest BCUT2D eigenvalue weighted by molar-refractivity contribution is 9.13. The van der Waals surface area contributed by atoms with Crippen LogP contribution < -0.4 is 0 Å². The van der Waals surface area contributed by atoms with Gasteiger partial charge in [-0.2, -0.15) is 0 Å². The average molecular weight is 358 g/mol. The monoisotopic (exact) mass is 356 g/mol. The van der Waals surface area contributed by atoms with Crippen molar-refractivity contribution in [2.45, 2.75) is 13.3 Å². The maximum atomic E-state index is 13.4. The standard InChI is InChI=1S/C10H8Br2F2O2/c1-2-16-8(15)3-5-6(13)4-7(14)10(12)9(5)11/h4H,2-3H2,1H3. The summed E-state index contributed by atoms with van der Waals surface area (Å²) in [5.41, 5.74) is 0.0757. The van der Waals surface area contributed by atoms with E-state index in [1.807, 2.05) is 0 Å². The van der Waals surface area contributed by atoms with Crippen molar-refractivity contribution in [1.82, 2.24) is 0 Å². The normalized spacial score (nSPS) is 10.3. The van der Waals surface area contributed by atoms with Gasteiger partial charge in [0, 0.05) is 16.1 Å². The first-order valence-electron chi connectivity index (χ1n) is 4.44. The van der Waals surface area contributed by atoms with Crippen molar-refractivity contribution >= 4 is 37.8 Å². The summed E-state index contributed by atoms with van der Waals surface area (Å²) in [6.45, 7) is 1.88. The third kappa shape index (κ3) is 3.01. The Morgan fingerprint density at radius 2 is 1.94 bits per heavy atom. The summed E-state index contributed by atoms with van der Waals surface area (Å²) in [7, 11) is 0. The fourth-order valence-corrected chi connectivity index (χ4v) is 2.00. The first-order chi connectivity index (χ1) is 7.47. The molecule has 0 unspecified atom stereocenters. The van der Waals surface area contributed by atoms with E-state index < -0.39 is 17.6 Å². The van der Waals surface area contributed by atoms with Crippen molar-refractivity contribution in [3.05, 3.63) is 32.2 Å². The SMILES string of the molecule is CCOC(=O)Cc1c(F)cc(F)c(Br)c1Br. The highest BCUT2D eigenvalue weighted by atomic mass is 79.9. The van der Waals surface area contributed by atoms with Gasteiger partial charge in [-0.15, -0.1) is 0 Å². The number of hydrogen-bond donors (Lipinski definition) is 0. The van der Waals surface area contributed by atoms with Gasteiger partial charge in [0.15, 0.2) is 0 Å². The van der Waals surface area contributed by atoms with Crippen LogP contribution in [0.5, 0.6) is 0 Å². The van der Waals surface area contributed by atoms with E-state index in [9.17, 15) is 13.6 Å². The summed E-state index contributed by atoms with van der Waals surface area (Å²) in [6, 6.07) is 0.726. The Balaban J connectivity index is 3.05. The lowest BCUT2D eigenvalue weighted by molar-refractivity contribution is -0.142. The third-order valence-corrected chi connectivity index (χ3v) is 4.02. The second kappa shape index (κ2) is 5.72. The number of halogens is 4. The summed E-state index contributed by atoms with van der Waals surface area (Å²) >= 11 is 5.98. The molecule has 16 heavy (non-hydrogen) atoms. The average Bonchev–Trinajstić information content (AvgIpc) is 2.22. The number of hydrogen-bond acceptors (Lipinski definition) is 2. The Morgan fingerprint density at radius 3 is 2.50 bits per heavy atom. The molecule has 0 atom stereocenters. The van der Waals surface area contributed by atoms with Gasteiger partial charge < -0.3 is 4.74 Å². The van der Waals surface area contributed by atoms with Gasteiger partial charge in [-0.25, -0.2) is 8.78 Å². The molecule has 0 spiro atoms. The molecule has 0 aliphatic heterocycles. The first kappa shape index (κ1) is 13.6. The maximum Gasteiger partial charge on any atom is 0.310 e. The van der Waals surface area contributed by atoms with Crippen LogP contribution in [0.1, 0.15) is 12.5 Å². The zero-order valence-corrected chi connectivity index (χ0v) is 11.5. The fraction of sp³-hybridized carbons (Fsp3) is 0.300. The molecule has 1 aromatic rings. The van der Waals surface area contributed by atoms with Gasteiger partial charge in [0.05, 0.1) is 17.5 Å². The largest absolute Gasteiger partial charge is 0.466 e. The zero-order chi connectivity index (χ0) is 12.3. The predicted molar refractivity (Wildman–Crippen MR) is 62.1 cm³/mol. The Hall–Kier alpha value is -0.490. The van der Waals surface area contributed by atoms with Crippen molar-refractivity contribution in [3.63, 3.8) is 0 Å². The van der Waals surface area contributed by atoms with E-state index >= 15 is 0 Å². The van der Waals surface area contributed by atoms with Gasteiger partial charge in [0.1, 0.15) is 11.6 Å². The Kier molecular flexibility index (Phi) is 4.86. The van der Waals surface area contributed by atoms with E-state index in [1.54, 1.807) is 6.92 Å². The van der Waals surface area contributed by atoms with Gasteiger partial charge >= 0.3 is 5.97 Å². The highest BCUT2D eigenvalue weighted by Crippen LogP contribution is 2.31. The summed E-state index contributed by atoms with van der Waals surface area (Å²) < 4.78 is 31.4. The topological polar surface area (TPSA) is 26.3 Å². The molecule has 0 amide bonds. The van der Waals surface area contributed by atoms with Crippen molar-refractivity contribution in [2.75, 3.05) is 6.61 Å². The molecule has 0 aromatic heterocycles. The Labute approximate surface area is 108 Å². The van der Waals surface area contributed by atoms with Crippen LogP contribution in [0.15, 0.2) is 15.0 Å². The van der Waals surface area contributed by atoms with Crippen LogP contribution in [0.25, 0.3) is 0 Å². The van der Waals surface area contributed by atoms with E-state index in [-0.39, 0.29) is 27.5 Å². The molecule has 0 aliphatic rings. The first-order valence-corrected chi connectivity index (χ1v) is 6.03. The second-order valence-corrected chi connectivity index (χ2v) is 4.51. The van der Waals surface area contributed by atoms with Crippen LogP contribution in [-0.2, 0) is 16.0 Å². The summed E-state index contributed by atoms with van der Waals surface area (Å²) in [6.07, 6.45) is -0.237. The lowest BCUT2D eigenvalue weighted by Gasteiger charge is -2.08. The molecule has 0 aliphatic carbocycles. The predicted octanol–water partition coefficient (Wildman–Crippen LogP) is 3.60. The number of carbonyl (C=O) groups is 1. The van der Waals surface area contributed by atoms with Gasteiger partial charge in [-0.1, -0.05) is 0 Å². The molecule has 1 aromatic carbocycles. The quantitative estimate of drug-likeness (QED) is 0.469. The van der Waals surface area contributed by atoms with Gasteiger partial charge in [-0.05, 0) is 38.8 Å². The van der Waals surface area contributed by atoms with Crippen molar-refractivity contribution < 1.29 is 18.3 Å². The number of esters is 1. The van der Waals surface area contributed by atoms with Crippen LogP contribution in [0, 0.1) is 11.6 Å². The smallest absolute Gasteiger partial charge is 0.310 e. The van der Waals surface area contributed by atoms with Crippen LogP contribution in [0.2, 0.25) is 0 Å². The molecule has 0 fully saturated rings. The Bertz CT molecular complexity index is 422. The van der Waals surface area contributed by atoms with Crippen molar-refractivity contribution in [2.24, 2.45) is 0 Å². The molecule has 0 saturated heterocycles. The molecular formula is C10H8Br2F2O2. The third-order valence-electron chi connectivity index (χ3n) is 1.84. The minimum atomic E-state index is -0.777. The molecule has 2 nitrogen and oxygen atoms in total. The van der Waals surface area contributed by atoms with E-state index in [0.717, 1.165) is 6.07 Å². The zero-order valence-electron chi connectivity index (χ0n) is 8.32. The molecule has 0 saturated carbocycles. The van der Waals surface area contributed by atoms with E-state index in [1.165, 1.54) is 0 Å². The number of ether oxygens (including phenoxy) is 1. The van der Waals surface area contributed by atoms with Crippen LogP contribution in [0.3, 0.4) is 0 Å². The minimum absolute atomic E-state index is 0.0757. The number of benzene rings is 1. The van der Waals surface area contributed by atoms with E-state index in [0.29, 0.717) is 0 Å². The fourth-order valence-electron chi connectivity index (χ4n) is 1.12. The van der Waals surface area contributed by atoms with Crippen LogP contribution >= 0.6 is 31.9 Å². The van der Waals surface area contributed by atoms with Gasteiger partial charge in [0.25, 0.3) is 0 Å². The summed E-state index contributed by atoms with van der Waals surface area (Å²) in [4.78, 5) is 11.2. The molecular weight excluding hydrogens is 350 g/mol. The van der Waals surface area contributed by atoms with Gasteiger partial charge in [0.2, 0.25) is 0 Å². The number of rotatable bonds is 3. The summed E-state index contributed by atoms with van der Waals surface area (Å²) in [5.74, 6) is -2.06. The van der Waals surface area contributed by atoms with Crippen LogP contribution in [-0.4, -0.2) is 12.6 Å². The van der Waals surface area contributed by atoms with Crippen LogP contribution in [0.4, 0.5) is 8.78 Å². The highest BCUT2D eigenvalue weighted by Gasteiger charge is 2.18. The molecule has 0 heterocycles. The summed E-state index contributed by atoms with van der Waals surface area (Å²) in [5, 5.41) is 0. The lowest BCUT2D eigenvalue weighted by atomic mass is 10.1. The molecule has 0 N–H and O–H groups in total. The molecule has 88 valence electrons.